The van der Waals surface area contributed by atoms with Gasteiger partial charge in [-0.25, -0.2) is 0 Å². The lowest BCUT2D eigenvalue weighted by Crippen LogP contribution is -2.44. The number of rotatable bonds is 3. The molecule has 1 aromatic carbocycles. The SMILES string of the molecule is COc1cc(C)c(C)cc1C1CC(C)NCC1CN. The molecule has 1 aliphatic heterocycles. The predicted molar refractivity (Wildman–Crippen MR) is 79.8 cm³/mol. The van der Waals surface area contributed by atoms with Crippen molar-refractivity contribution in [1.82, 2.24) is 5.32 Å². The van der Waals surface area contributed by atoms with Crippen molar-refractivity contribution in [2.24, 2.45) is 11.7 Å². The van der Waals surface area contributed by atoms with Crippen molar-refractivity contribution < 1.29 is 4.74 Å². The van der Waals surface area contributed by atoms with Gasteiger partial charge in [0.05, 0.1) is 7.11 Å². The van der Waals surface area contributed by atoms with Crippen LogP contribution < -0.4 is 15.8 Å². The summed E-state index contributed by atoms with van der Waals surface area (Å²) in [6.07, 6.45) is 1.13. The van der Waals surface area contributed by atoms with Crippen LogP contribution in [-0.2, 0) is 0 Å². The normalized spacial score (nSPS) is 27.3. The number of piperidine rings is 1. The lowest BCUT2D eigenvalue weighted by Gasteiger charge is -2.36. The van der Waals surface area contributed by atoms with E-state index in [-0.39, 0.29) is 0 Å². The van der Waals surface area contributed by atoms with Crippen molar-refractivity contribution in [3.8, 4) is 5.75 Å². The van der Waals surface area contributed by atoms with Gasteiger partial charge in [-0.1, -0.05) is 6.07 Å². The topological polar surface area (TPSA) is 47.3 Å². The van der Waals surface area contributed by atoms with Crippen LogP contribution in [0.25, 0.3) is 0 Å². The monoisotopic (exact) mass is 262 g/mol. The zero-order chi connectivity index (χ0) is 14.0. The predicted octanol–water partition coefficient (Wildman–Crippen LogP) is 2.35. The number of nitrogens with one attached hydrogen (secondary N) is 1. The van der Waals surface area contributed by atoms with Crippen LogP contribution in [0.4, 0.5) is 0 Å². The fraction of sp³-hybridized carbons (Fsp3) is 0.625. The average molecular weight is 262 g/mol. The van der Waals surface area contributed by atoms with Gasteiger partial charge in [-0.05, 0) is 74.9 Å². The lowest BCUT2D eigenvalue weighted by atomic mass is 9.77. The van der Waals surface area contributed by atoms with Crippen LogP contribution in [0.15, 0.2) is 12.1 Å². The Bertz CT molecular complexity index is 445. The number of hydrogen-bond acceptors (Lipinski definition) is 3. The molecule has 0 amide bonds. The summed E-state index contributed by atoms with van der Waals surface area (Å²) in [6, 6.07) is 4.99. The van der Waals surface area contributed by atoms with Gasteiger partial charge in [0.25, 0.3) is 0 Å². The van der Waals surface area contributed by atoms with Crippen LogP contribution in [-0.4, -0.2) is 26.2 Å². The van der Waals surface area contributed by atoms with E-state index >= 15 is 0 Å². The molecule has 3 atom stereocenters. The van der Waals surface area contributed by atoms with E-state index < -0.39 is 0 Å². The van der Waals surface area contributed by atoms with E-state index in [4.69, 9.17) is 10.5 Å². The molecule has 2 rings (SSSR count). The summed E-state index contributed by atoms with van der Waals surface area (Å²) in [4.78, 5) is 0. The molecule has 0 spiro atoms. The van der Waals surface area contributed by atoms with Crippen molar-refractivity contribution in [2.45, 2.75) is 39.2 Å². The standard InChI is InChI=1S/C16H26N2O/c1-10-5-15(16(19-4)6-11(10)2)14-7-12(3)18-9-13(14)8-17/h5-6,12-14,18H,7-9,17H2,1-4H3. The molecular weight excluding hydrogens is 236 g/mol. The van der Waals surface area contributed by atoms with Crippen molar-refractivity contribution >= 4 is 0 Å². The van der Waals surface area contributed by atoms with E-state index in [1.807, 2.05) is 0 Å². The summed E-state index contributed by atoms with van der Waals surface area (Å²) in [5, 5.41) is 3.53. The number of hydrogen-bond donors (Lipinski definition) is 2. The molecule has 3 unspecified atom stereocenters. The summed E-state index contributed by atoms with van der Waals surface area (Å²) in [6.45, 7) is 8.26. The average Bonchev–Trinajstić information content (AvgIpc) is 2.41. The Balaban J connectivity index is 2.40. The third-order valence-corrected chi connectivity index (χ3v) is 4.45. The zero-order valence-electron chi connectivity index (χ0n) is 12.5. The van der Waals surface area contributed by atoms with Gasteiger partial charge in [-0.3, -0.25) is 0 Å². The molecule has 0 radical (unpaired) electrons. The molecule has 1 aromatic rings. The fourth-order valence-electron chi connectivity index (χ4n) is 3.06. The second kappa shape index (κ2) is 5.93. The maximum Gasteiger partial charge on any atom is 0.122 e. The first-order valence-corrected chi connectivity index (χ1v) is 7.15. The molecule has 0 aliphatic carbocycles. The highest BCUT2D eigenvalue weighted by Gasteiger charge is 2.30. The number of ether oxygens (including phenoxy) is 1. The lowest BCUT2D eigenvalue weighted by molar-refractivity contribution is 0.278. The third-order valence-electron chi connectivity index (χ3n) is 4.45. The van der Waals surface area contributed by atoms with E-state index in [0.717, 1.165) is 25.3 Å². The molecule has 3 N–H and O–H groups in total. The van der Waals surface area contributed by atoms with Crippen LogP contribution in [0.5, 0.6) is 5.75 Å². The second-order valence-corrected chi connectivity index (χ2v) is 5.83. The maximum atomic E-state index is 5.96. The van der Waals surface area contributed by atoms with Gasteiger partial charge in [-0.2, -0.15) is 0 Å². The van der Waals surface area contributed by atoms with Gasteiger partial charge in [0.2, 0.25) is 0 Å². The summed E-state index contributed by atoms with van der Waals surface area (Å²) in [5.41, 5.74) is 9.90. The van der Waals surface area contributed by atoms with Crippen molar-refractivity contribution in [3.63, 3.8) is 0 Å². The Kier molecular flexibility index (Phi) is 4.48. The van der Waals surface area contributed by atoms with Crippen molar-refractivity contribution in [1.29, 1.82) is 0 Å². The molecular formula is C16H26N2O. The van der Waals surface area contributed by atoms with Gasteiger partial charge in [0, 0.05) is 6.04 Å². The minimum absolute atomic E-state index is 0.493. The first kappa shape index (κ1) is 14.4. The minimum Gasteiger partial charge on any atom is -0.496 e. The van der Waals surface area contributed by atoms with Crippen LogP contribution >= 0.6 is 0 Å². The molecule has 1 fully saturated rings. The van der Waals surface area contributed by atoms with Crippen molar-refractivity contribution in [3.05, 3.63) is 28.8 Å². The number of aryl methyl sites for hydroxylation is 2. The first-order chi connectivity index (χ1) is 9.06. The minimum atomic E-state index is 0.493. The molecule has 0 bridgehead atoms. The summed E-state index contributed by atoms with van der Waals surface area (Å²) in [7, 11) is 1.76. The zero-order valence-corrected chi connectivity index (χ0v) is 12.5. The van der Waals surface area contributed by atoms with Crippen molar-refractivity contribution in [2.75, 3.05) is 20.2 Å². The van der Waals surface area contributed by atoms with Crippen LogP contribution in [0.1, 0.15) is 36.0 Å². The molecule has 3 heteroatoms. The van der Waals surface area contributed by atoms with E-state index in [1.54, 1.807) is 7.11 Å². The van der Waals surface area contributed by atoms with E-state index in [9.17, 15) is 0 Å². The van der Waals surface area contributed by atoms with Gasteiger partial charge < -0.3 is 15.8 Å². The molecule has 1 saturated heterocycles. The Morgan fingerprint density at radius 2 is 2.00 bits per heavy atom. The summed E-state index contributed by atoms with van der Waals surface area (Å²) >= 11 is 0. The Morgan fingerprint density at radius 3 is 2.63 bits per heavy atom. The quantitative estimate of drug-likeness (QED) is 0.879. The van der Waals surface area contributed by atoms with Crippen LogP contribution in [0.2, 0.25) is 0 Å². The molecule has 1 aliphatic rings. The van der Waals surface area contributed by atoms with Gasteiger partial charge in [0.1, 0.15) is 5.75 Å². The van der Waals surface area contributed by atoms with Crippen LogP contribution in [0.3, 0.4) is 0 Å². The van der Waals surface area contributed by atoms with E-state index in [1.165, 1.54) is 16.7 Å². The fourth-order valence-corrected chi connectivity index (χ4v) is 3.06. The number of methoxy groups -OCH3 is 1. The highest BCUT2D eigenvalue weighted by atomic mass is 16.5. The highest BCUT2D eigenvalue weighted by molar-refractivity contribution is 5.44. The smallest absolute Gasteiger partial charge is 0.122 e. The first-order valence-electron chi connectivity index (χ1n) is 7.15. The molecule has 106 valence electrons. The summed E-state index contributed by atoms with van der Waals surface area (Å²) in [5.74, 6) is 2.00. The Hall–Kier alpha value is -1.06. The highest BCUT2D eigenvalue weighted by Crippen LogP contribution is 2.38. The van der Waals surface area contributed by atoms with Crippen LogP contribution in [0, 0.1) is 19.8 Å². The van der Waals surface area contributed by atoms with Gasteiger partial charge >= 0.3 is 0 Å². The van der Waals surface area contributed by atoms with E-state index in [2.05, 4.69) is 38.2 Å². The Morgan fingerprint density at radius 1 is 1.32 bits per heavy atom. The van der Waals surface area contributed by atoms with E-state index in [0.29, 0.717) is 17.9 Å². The van der Waals surface area contributed by atoms with Gasteiger partial charge in [-0.15, -0.1) is 0 Å². The maximum absolute atomic E-state index is 5.96. The largest absolute Gasteiger partial charge is 0.496 e. The number of benzene rings is 1. The summed E-state index contributed by atoms with van der Waals surface area (Å²) < 4.78 is 5.60. The second-order valence-electron chi connectivity index (χ2n) is 5.83. The molecule has 3 nitrogen and oxygen atoms in total. The molecule has 19 heavy (non-hydrogen) atoms. The number of nitrogens with two attached hydrogens (primary N) is 1. The van der Waals surface area contributed by atoms with Gasteiger partial charge in [0.15, 0.2) is 0 Å². The molecule has 0 aromatic heterocycles. The molecule has 1 heterocycles. The third kappa shape index (κ3) is 2.93. The Labute approximate surface area is 116 Å². The molecule has 0 saturated carbocycles.